The van der Waals surface area contributed by atoms with Crippen LogP contribution >= 0.6 is 11.6 Å². The molecule has 20 heavy (non-hydrogen) atoms. The van der Waals surface area contributed by atoms with Crippen LogP contribution in [0, 0.1) is 24.1 Å². The van der Waals surface area contributed by atoms with Gasteiger partial charge in [-0.3, -0.25) is 0 Å². The van der Waals surface area contributed by atoms with Crippen LogP contribution in [0.2, 0.25) is 5.02 Å². The molecule has 0 aliphatic carbocycles. The fourth-order valence-electron chi connectivity index (χ4n) is 1.99. The van der Waals surface area contributed by atoms with E-state index in [1.807, 2.05) is 31.2 Å². The Bertz CT molecular complexity index is 677. The number of hydrogen-bond acceptors (Lipinski definition) is 2. The Labute approximate surface area is 122 Å². The molecule has 2 nitrogen and oxygen atoms in total. The second kappa shape index (κ2) is 5.94. The molecule has 102 valence electrons. The highest BCUT2D eigenvalue weighted by molar-refractivity contribution is 6.30. The zero-order valence-corrected chi connectivity index (χ0v) is 12.0. The van der Waals surface area contributed by atoms with Crippen molar-refractivity contribution in [3.63, 3.8) is 0 Å². The molecule has 0 saturated carbocycles. The smallest absolute Gasteiger partial charge is 0.129 e. The summed E-state index contributed by atoms with van der Waals surface area (Å²) < 4.78 is 13.7. The Kier molecular flexibility index (Phi) is 4.26. The number of nitrogens with one attached hydrogen (secondary N) is 1. The molecule has 0 saturated heterocycles. The van der Waals surface area contributed by atoms with Crippen molar-refractivity contribution in [2.75, 3.05) is 5.32 Å². The van der Waals surface area contributed by atoms with Gasteiger partial charge in [0.05, 0.1) is 11.6 Å². The molecule has 1 unspecified atom stereocenters. The Balaban J connectivity index is 2.30. The van der Waals surface area contributed by atoms with Crippen LogP contribution in [0.1, 0.15) is 29.7 Å². The summed E-state index contributed by atoms with van der Waals surface area (Å²) in [5, 5.41) is 12.8. The SMILES string of the molecule is Cc1c(F)cc(C#N)cc1NC(C)c1cccc(Cl)c1. The van der Waals surface area contributed by atoms with Crippen molar-refractivity contribution in [2.24, 2.45) is 0 Å². The Morgan fingerprint density at radius 2 is 2.05 bits per heavy atom. The predicted molar refractivity (Wildman–Crippen MR) is 79.3 cm³/mol. The first kappa shape index (κ1) is 14.4. The second-order valence-corrected chi connectivity index (χ2v) is 5.10. The van der Waals surface area contributed by atoms with Gasteiger partial charge in [-0.25, -0.2) is 4.39 Å². The van der Waals surface area contributed by atoms with Crippen LogP contribution in [0.25, 0.3) is 0 Å². The zero-order valence-electron chi connectivity index (χ0n) is 11.2. The van der Waals surface area contributed by atoms with Crippen molar-refractivity contribution in [2.45, 2.75) is 19.9 Å². The van der Waals surface area contributed by atoms with Gasteiger partial charge in [0.15, 0.2) is 0 Å². The molecule has 2 aromatic carbocycles. The molecule has 0 fully saturated rings. The summed E-state index contributed by atoms with van der Waals surface area (Å²) in [5.41, 5.74) is 2.42. The fraction of sp³-hybridized carbons (Fsp3) is 0.188. The highest BCUT2D eigenvalue weighted by Gasteiger charge is 2.11. The third-order valence-corrected chi connectivity index (χ3v) is 3.43. The monoisotopic (exact) mass is 288 g/mol. The van der Waals surface area contributed by atoms with Gasteiger partial charge in [-0.05, 0) is 43.7 Å². The Hall–Kier alpha value is -2.05. The third kappa shape index (κ3) is 3.09. The van der Waals surface area contributed by atoms with Crippen molar-refractivity contribution < 1.29 is 4.39 Å². The average molecular weight is 289 g/mol. The van der Waals surface area contributed by atoms with E-state index in [1.54, 1.807) is 19.1 Å². The molecule has 0 spiro atoms. The lowest BCUT2D eigenvalue weighted by atomic mass is 10.1. The van der Waals surface area contributed by atoms with Gasteiger partial charge in [0.2, 0.25) is 0 Å². The van der Waals surface area contributed by atoms with Gasteiger partial charge in [0, 0.05) is 22.3 Å². The number of nitrogens with zero attached hydrogens (tertiary/aromatic N) is 1. The molecule has 0 amide bonds. The Morgan fingerprint density at radius 3 is 2.70 bits per heavy atom. The topological polar surface area (TPSA) is 35.8 Å². The van der Waals surface area contributed by atoms with Gasteiger partial charge in [0.1, 0.15) is 5.82 Å². The van der Waals surface area contributed by atoms with Crippen LogP contribution in [0.15, 0.2) is 36.4 Å². The molecule has 1 atom stereocenters. The quantitative estimate of drug-likeness (QED) is 0.878. The summed E-state index contributed by atoms with van der Waals surface area (Å²) in [6, 6.07) is 12.3. The van der Waals surface area contributed by atoms with E-state index < -0.39 is 0 Å². The molecule has 0 radical (unpaired) electrons. The van der Waals surface area contributed by atoms with Gasteiger partial charge in [-0.1, -0.05) is 23.7 Å². The summed E-state index contributed by atoms with van der Waals surface area (Å²) in [6.07, 6.45) is 0. The lowest BCUT2D eigenvalue weighted by molar-refractivity contribution is 0.618. The molecule has 4 heteroatoms. The number of anilines is 1. The molecule has 0 aliphatic rings. The third-order valence-electron chi connectivity index (χ3n) is 3.19. The van der Waals surface area contributed by atoms with Crippen LogP contribution < -0.4 is 5.32 Å². The molecule has 0 heterocycles. The summed E-state index contributed by atoms with van der Waals surface area (Å²) in [5.74, 6) is -0.384. The molecular weight excluding hydrogens is 275 g/mol. The van der Waals surface area contributed by atoms with Crippen LogP contribution in [0.4, 0.5) is 10.1 Å². The van der Waals surface area contributed by atoms with Gasteiger partial charge in [-0.2, -0.15) is 5.26 Å². The zero-order chi connectivity index (χ0) is 14.7. The molecule has 0 aliphatic heterocycles. The number of rotatable bonds is 3. The molecule has 0 aromatic heterocycles. The van der Waals surface area contributed by atoms with Crippen LogP contribution in [-0.4, -0.2) is 0 Å². The normalized spacial score (nSPS) is 11.8. The number of benzene rings is 2. The van der Waals surface area contributed by atoms with Gasteiger partial charge in [0.25, 0.3) is 0 Å². The summed E-state index contributed by atoms with van der Waals surface area (Å²) in [4.78, 5) is 0. The minimum absolute atomic E-state index is 0.0410. The number of nitriles is 1. The highest BCUT2D eigenvalue weighted by Crippen LogP contribution is 2.26. The van der Waals surface area contributed by atoms with E-state index in [4.69, 9.17) is 16.9 Å². The highest BCUT2D eigenvalue weighted by atomic mass is 35.5. The predicted octanol–water partition coefficient (Wildman–Crippen LogP) is 4.83. The molecule has 0 bridgehead atoms. The molecule has 1 N–H and O–H groups in total. The first-order chi connectivity index (χ1) is 9.51. The fourth-order valence-corrected chi connectivity index (χ4v) is 2.18. The Morgan fingerprint density at radius 1 is 1.30 bits per heavy atom. The van der Waals surface area contributed by atoms with E-state index >= 15 is 0 Å². The molecule has 2 aromatic rings. The van der Waals surface area contributed by atoms with Crippen molar-refractivity contribution in [3.8, 4) is 6.07 Å². The molecular formula is C16H14ClFN2. The van der Waals surface area contributed by atoms with Crippen molar-refractivity contribution >= 4 is 17.3 Å². The second-order valence-electron chi connectivity index (χ2n) is 4.66. The van der Waals surface area contributed by atoms with Crippen molar-refractivity contribution in [1.82, 2.24) is 0 Å². The van der Waals surface area contributed by atoms with Crippen LogP contribution in [0.5, 0.6) is 0 Å². The van der Waals surface area contributed by atoms with Crippen LogP contribution in [0.3, 0.4) is 0 Å². The number of hydrogen-bond donors (Lipinski definition) is 1. The minimum atomic E-state index is -0.384. The average Bonchev–Trinajstić information content (AvgIpc) is 2.43. The maximum absolute atomic E-state index is 13.7. The van der Waals surface area contributed by atoms with Gasteiger partial charge < -0.3 is 5.32 Å². The first-order valence-corrected chi connectivity index (χ1v) is 6.61. The maximum atomic E-state index is 13.7. The van der Waals surface area contributed by atoms with E-state index in [0.717, 1.165) is 5.56 Å². The summed E-state index contributed by atoms with van der Waals surface area (Å²) in [7, 11) is 0. The first-order valence-electron chi connectivity index (χ1n) is 6.23. The number of halogens is 2. The van der Waals surface area contributed by atoms with Crippen molar-refractivity contribution in [1.29, 1.82) is 5.26 Å². The lowest BCUT2D eigenvalue weighted by Gasteiger charge is -2.18. The largest absolute Gasteiger partial charge is 0.378 e. The van der Waals surface area contributed by atoms with E-state index in [1.165, 1.54) is 6.07 Å². The van der Waals surface area contributed by atoms with Crippen molar-refractivity contribution in [3.05, 3.63) is 63.9 Å². The standard InChI is InChI=1S/C16H14ClFN2/c1-10-15(18)6-12(9-19)7-16(10)20-11(2)13-4-3-5-14(17)8-13/h3-8,11,20H,1-2H3. The lowest BCUT2D eigenvalue weighted by Crippen LogP contribution is -2.08. The van der Waals surface area contributed by atoms with Gasteiger partial charge >= 0.3 is 0 Å². The summed E-state index contributed by atoms with van der Waals surface area (Å²) in [6.45, 7) is 3.64. The maximum Gasteiger partial charge on any atom is 0.129 e. The van der Waals surface area contributed by atoms with E-state index in [-0.39, 0.29) is 11.9 Å². The van der Waals surface area contributed by atoms with Crippen LogP contribution in [-0.2, 0) is 0 Å². The van der Waals surface area contributed by atoms with E-state index in [9.17, 15) is 4.39 Å². The minimum Gasteiger partial charge on any atom is -0.378 e. The van der Waals surface area contributed by atoms with Gasteiger partial charge in [-0.15, -0.1) is 0 Å². The van der Waals surface area contributed by atoms with E-state index in [0.29, 0.717) is 21.8 Å². The summed E-state index contributed by atoms with van der Waals surface area (Å²) >= 11 is 5.97. The van der Waals surface area contributed by atoms with E-state index in [2.05, 4.69) is 5.32 Å². The molecule has 2 rings (SSSR count).